The van der Waals surface area contributed by atoms with Crippen molar-refractivity contribution in [3.63, 3.8) is 0 Å². The molecule has 0 saturated carbocycles. The Labute approximate surface area is 145 Å². The van der Waals surface area contributed by atoms with Crippen LogP contribution in [-0.2, 0) is 5.60 Å². The molecule has 0 aliphatic carbocycles. The predicted molar refractivity (Wildman–Crippen MR) is 90.3 cm³/mol. The molecule has 4 rings (SSSR count). The normalized spacial score (nSPS) is 24.7. The molecule has 2 atom stereocenters. The maximum absolute atomic E-state index is 12.7. The van der Waals surface area contributed by atoms with Gasteiger partial charge in [-0.25, -0.2) is 4.79 Å². The van der Waals surface area contributed by atoms with Crippen molar-refractivity contribution in [2.24, 2.45) is 0 Å². The van der Waals surface area contributed by atoms with Gasteiger partial charge in [0.1, 0.15) is 11.4 Å². The number of aliphatic hydroxyl groups is 1. The lowest BCUT2D eigenvalue weighted by Gasteiger charge is -2.49. The van der Waals surface area contributed by atoms with Gasteiger partial charge in [-0.15, -0.1) is 0 Å². The zero-order valence-electron chi connectivity index (χ0n) is 13.8. The smallest absolute Gasteiger partial charge is 0.327 e. The summed E-state index contributed by atoms with van der Waals surface area (Å²) >= 11 is 0. The average Bonchev–Trinajstić information content (AvgIpc) is 2.93. The van der Waals surface area contributed by atoms with E-state index in [2.05, 4.69) is 0 Å². The SMILES string of the molecule is COc1ccc(C(=O)N2C[C@@H]3N(C[C@@]3(O)c3ccccc3)C2=O)cc1. The molecule has 6 nitrogen and oxygen atoms in total. The Morgan fingerprint density at radius 2 is 1.84 bits per heavy atom. The highest BCUT2D eigenvalue weighted by molar-refractivity contribution is 6.05. The highest BCUT2D eigenvalue weighted by Gasteiger charge is 2.61. The molecule has 0 bridgehead atoms. The van der Waals surface area contributed by atoms with Crippen LogP contribution >= 0.6 is 0 Å². The Kier molecular flexibility index (Phi) is 3.51. The van der Waals surface area contributed by atoms with Crippen molar-refractivity contribution < 1.29 is 19.4 Å². The van der Waals surface area contributed by atoms with Crippen LogP contribution in [0.15, 0.2) is 54.6 Å². The summed E-state index contributed by atoms with van der Waals surface area (Å²) in [6.07, 6.45) is 0. The summed E-state index contributed by atoms with van der Waals surface area (Å²) in [5.41, 5.74) is 0.0778. The first kappa shape index (κ1) is 15.7. The van der Waals surface area contributed by atoms with Gasteiger partial charge in [-0.3, -0.25) is 9.69 Å². The van der Waals surface area contributed by atoms with Gasteiger partial charge in [0.2, 0.25) is 0 Å². The van der Waals surface area contributed by atoms with E-state index in [4.69, 9.17) is 4.74 Å². The molecule has 2 aliphatic heterocycles. The fourth-order valence-corrected chi connectivity index (χ4v) is 3.55. The van der Waals surface area contributed by atoms with Crippen molar-refractivity contribution in [1.29, 1.82) is 0 Å². The van der Waals surface area contributed by atoms with Gasteiger partial charge in [0.05, 0.1) is 26.2 Å². The average molecular weight is 338 g/mol. The van der Waals surface area contributed by atoms with Crippen molar-refractivity contribution >= 4 is 11.9 Å². The molecule has 3 amide bonds. The molecule has 2 fully saturated rings. The molecule has 2 saturated heterocycles. The number of nitrogens with zero attached hydrogens (tertiary/aromatic N) is 2. The van der Waals surface area contributed by atoms with Crippen molar-refractivity contribution in [2.45, 2.75) is 11.6 Å². The van der Waals surface area contributed by atoms with Gasteiger partial charge < -0.3 is 14.7 Å². The second-order valence-corrected chi connectivity index (χ2v) is 6.36. The first-order valence-corrected chi connectivity index (χ1v) is 8.09. The molecule has 0 radical (unpaired) electrons. The standard InChI is InChI=1S/C19H18N2O4/c1-25-15-9-7-13(8-10-15)17(22)20-11-16-19(24,12-21(16)18(20)23)14-5-3-2-4-6-14/h2-10,16,24H,11-12H2,1H3/t16-,19+/m0/s1. The molecule has 2 aromatic rings. The fraction of sp³-hybridized carbons (Fsp3) is 0.263. The fourth-order valence-electron chi connectivity index (χ4n) is 3.55. The van der Waals surface area contributed by atoms with E-state index < -0.39 is 11.6 Å². The lowest BCUT2D eigenvalue weighted by atomic mass is 9.79. The van der Waals surface area contributed by atoms with Crippen LogP contribution in [0, 0.1) is 0 Å². The number of rotatable bonds is 3. The van der Waals surface area contributed by atoms with Crippen molar-refractivity contribution in [3.05, 3.63) is 65.7 Å². The molecule has 6 heteroatoms. The van der Waals surface area contributed by atoms with Gasteiger partial charge in [0.25, 0.3) is 5.91 Å². The first-order chi connectivity index (χ1) is 12.0. The van der Waals surface area contributed by atoms with Crippen LogP contribution in [0.4, 0.5) is 4.79 Å². The molecule has 2 aliphatic rings. The van der Waals surface area contributed by atoms with Gasteiger partial charge >= 0.3 is 6.03 Å². The van der Waals surface area contributed by atoms with E-state index >= 15 is 0 Å². The molecule has 128 valence electrons. The van der Waals surface area contributed by atoms with Gasteiger partial charge in [-0.1, -0.05) is 30.3 Å². The number of benzene rings is 2. The number of ether oxygens (including phenoxy) is 1. The monoisotopic (exact) mass is 338 g/mol. The third-order valence-electron chi connectivity index (χ3n) is 5.03. The second kappa shape index (κ2) is 5.60. The molecule has 2 heterocycles. The minimum Gasteiger partial charge on any atom is -0.497 e. The van der Waals surface area contributed by atoms with Gasteiger partial charge in [0, 0.05) is 5.56 Å². The number of carbonyl (C=O) groups excluding carboxylic acids is 2. The lowest BCUT2D eigenvalue weighted by molar-refractivity contribution is -0.119. The molecule has 2 aromatic carbocycles. The Morgan fingerprint density at radius 1 is 1.16 bits per heavy atom. The Hall–Kier alpha value is -2.86. The Bertz CT molecular complexity index is 821. The maximum Gasteiger partial charge on any atom is 0.327 e. The van der Waals surface area contributed by atoms with E-state index in [1.165, 1.54) is 4.90 Å². The molecular formula is C19H18N2O4. The molecule has 0 spiro atoms. The third-order valence-corrected chi connectivity index (χ3v) is 5.03. The van der Waals surface area contributed by atoms with Crippen LogP contribution in [-0.4, -0.2) is 53.1 Å². The first-order valence-electron chi connectivity index (χ1n) is 8.09. The summed E-state index contributed by atoms with van der Waals surface area (Å²) in [7, 11) is 1.55. The summed E-state index contributed by atoms with van der Waals surface area (Å²) < 4.78 is 5.08. The van der Waals surface area contributed by atoms with Gasteiger partial charge in [-0.2, -0.15) is 0 Å². The van der Waals surface area contributed by atoms with Crippen molar-refractivity contribution in [3.8, 4) is 5.75 Å². The largest absolute Gasteiger partial charge is 0.497 e. The number of amides is 3. The van der Waals surface area contributed by atoms with Crippen LogP contribution in [0.5, 0.6) is 5.75 Å². The number of carbonyl (C=O) groups is 2. The topological polar surface area (TPSA) is 70.1 Å². The summed E-state index contributed by atoms with van der Waals surface area (Å²) in [5, 5.41) is 11.0. The summed E-state index contributed by atoms with van der Waals surface area (Å²) in [6, 6.07) is 15.1. The molecule has 1 N–H and O–H groups in total. The highest BCUT2D eigenvalue weighted by atomic mass is 16.5. The number of methoxy groups -OCH3 is 1. The minimum absolute atomic E-state index is 0.176. The van der Waals surface area contributed by atoms with E-state index in [-0.39, 0.29) is 25.0 Å². The highest BCUT2D eigenvalue weighted by Crippen LogP contribution is 2.43. The maximum atomic E-state index is 12.7. The quantitative estimate of drug-likeness (QED) is 0.927. The number of fused-ring (bicyclic) bond motifs is 1. The molecule has 0 aromatic heterocycles. The summed E-state index contributed by atoms with van der Waals surface area (Å²) in [5.74, 6) is 0.282. The second-order valence-electron chi connectivity index (χ2n) is 6.36. The van der Waals surface area contributed by atoms with Gasteiger partial charge in [-0.05, 0) is 29.8 Å². The van der Waals surface area contributed by atoms with Crippen LogP contribution in [0.2, 0.25) is 0 Å². The Balaban J connectivity index is 1.56. The zero-order chi connectivity index (χ0) is 17.6. The number of hydrogen-bond donors (Lipinski definition) is 1. The van der Waals surface area contributed by atoms with Gasteiger partial charge in [0.15, 0.2) is 0 Å². The van der Waals surface area contributed by atoms with Crippen LogP contribution in [0.3, 0.4) is 0 Å². The predicted octanol–water partition coefficient (Wildman–Crippen LogP) is 1.84. The lowest BCUT2D eigenvalue weighted by Crippen LogP contribution is -2.66. The van der Waals surface area contributed by atoms with Crippen molar-refractivity contribution in [2.75, 3.05) is 20.2 Å². The van der Waals surface area contributed by atoms with Crippen molar-refractivity contribution in [1.82, 2.24) is 9.80 Å². The molecular weight excluding hydrogens is 320 g/mol. The summed E-state index contributed by atoms with van der Waals surface area (Å²) in [4.78, 5) is 28.0. The Morgan fingerprint density at radius 3 is 2.48 bits per heavy atom. The number of imide groups is 1. The van der Waals surface area contributed by atoms with E-state index in [0.717, 1.165) is 5.56 Å². The third kappa shape index (κ3) is 2.29. The number of hydrogen-bond acceptors (Lipinski definition) is 4. The summed E-state index contributed by atoms with van der Waals surface area (Å²) in [6.45, 7) is 0.377. The van der Waals surface area contributed by atoms with E-state index in [1.54, 1.807) is 36.3 Å². The van der Waals surface area contributed by atoms with E-state index in [9.17, 15) is 14.7 Å². The number of urea groups is 1. The van der Waals surface area contributed by atoms with Crippen LogP contribution < -0.4 is 4.74 Å². The van der Waals surface area contributed by atoms with Crippen LogP contribution in [0.25, 0.3) is 0 Å². The zero-order valence-corrected chi connectivity index (χ0v) is 13.8. The van der Waals surface area contributed by atoms with E-state index in [0.29, 0.717) is 11.3 Å². The van der Waals surface area contributed by atoms with E-state index in [1.807, 2.05) is 30.3 Å². The van der Waals surface area contributed by atoms with Crippen LogP contribution in [0.1, 0.15) is 15.9 Å². The minimum atomic E-state index is -1.11. The molecule has 0 unspecified atom stereocenters. The molecule has 25 heavy (non-hydrogen) atoms.